The molecule has 2 heterocycles. The van der Waals surface area contributed by atoms with E-state index in [4.69, 9.17) is 15.0 Å². The fourth-order valence-electron chi connectivity index (χ4n) is 2.77. The largest absolute Gasteiger partial charge is 0.491 e. The predicted octanol–water partition coefficient (Wildman–Crippen LogP) is 3.51. The van der Waals surface area contributed by atoms with Crippen LogP contribution in [-0.2, 0) is 14.1 Å². The van der Waals surface area contributed by atoms with Gasteiger partial charge >= 0.3 is 7.12 Å². The summed E-state index contributed by atoms with van der Waals surface area (Å²) in [5, 5.41) is 0.0306. The van der Waals surface area contributed by atoms with Gasteiger partial charge in [0.05, 0.1) is 22.2 Å². The van der Waals surface area contributed by atoms with E-state index in [0.717, 1.165) is 16.6 Å². The average Bonchev–Trinajstić information content (AvgIpc) is 2.80. The number of carbonyl (C=O) groups excluding carboxylic acids is 1. The first-order valence-corrected chi connectivity index (χ1v) is 9.78. The molecular formula is C19H24BN3O3S. The third-order valence-corrected chi connectivity index (χ3v) is 5.93. The number of anilines is 1. The minimum absolute atomic E-state index is 0.0306. The van der Waals surface area contributed by atoms with Crippen LogP contribution >= 0.6 is 11.8 Å². The van der Waals surface area contributed by atoms with Crippen molar-refractivity contribution in [1.29, 1.82) is 0 Å². The number of fused-ring (bicyclic) bond motifs is 1. The maximum absolute atomic E-state index is 11.6. The maximum Gasteiger partial charge on any atom is 0.491 e. The molecule has 0 atom stereocenters. The summed E-state index contributed by atoms with van der Waals surface area (Å²) in [7, 11) is -0.562. The van der Waals surface area contributed by atoms with E-state index >= 15 is 0 Å². The topological polar surface area (TPSA) is 87.3 Å². The van der Waals surface area contributed by atoms with E-state index in [1.165, 1.54) is 11.8 Å². The Bertz CT molecular complexity index is 898. The number of aromatic nitrogens is 2. The summed E-state index contributed by atoms with van der Waals surface area (Å²) < 4.78 is 12.4. The van der Waals surface area contributed by atoms with Gasteiger partial charge in [-0.25, -0.2) is 0 Å². The van der Waals surface area contributed by atoms with Gasteiger partial charge in [0.15, 0.2) is 5.12 Å². The normalized spacial score (nSPS) is 18.9. The summed E-state index contributed by atoms with van der Waals surface area (Å²) in [6, 6.07) is 3.65. The second kappa shape index (κ2) is 7.26. The fourth-order valence-corrected chi connectivity index (χ4v) is 3.36. The molecule has 1 saturated heterocycles. The second-order valence-corrected chi connectivity index (χ2v) is 8.73. The monoisotopic (exact) mass is 385 g/mol. The quantitative estimate of drug-likeness (QED) is 0.637. The zero-order valence-corrected chi connectivity index (χ0v) is 17.1. The molecule has 1 aromatic heterocycles. The van der Waals surface area contributed by atoms with Gasteiger partial charge < -0.3 is 15.0 Å². The molecule has 27 heavy (non-hydrogen) atoms. The number of thioether (sulfide) groups is 1. The molecule has 142 valence electrons. The van der Waals surface area contributed by atoms with Crippen molar-refractivity contribution < 1.29 is 14.1 Å². The standard InChI is InChI=1S/C19H24BN3O3S/c1-12(24)27-11-13(20-25-18(2,3)19(4,5)26-20)10-14-15(21)6-7-16-17(14)23-9-8-22-16/h6-10H,11,21H2,1-5H3. The van der Waals surface area contributed by atoms with Crippen LogP contribution in [0.4, 0.5) is 5.69 Å². The van der Waals surface area contributed by atoms with Gasteiger partial charge in [0.25, 0.3) is 0 Å². The third-order valence-electron chi connectivity index (χ3n) is 5.04. The molecule has 0 radical (unpaired) electrons. The van der Waals surface area contributed by atoms with Gasteiger partial charge in [0.1, 0.15) is 0 Å². The molecule has 0 bridgehead atoms. The minimum Gasteiger partial charge on any atom is -0.400 e. The van der Waals surface area contributed by atoms with E-state index in [9.17, 15) is 4.79 Å². The van der Waals surface area contributed by atoms with Crippen molar-refractivity contribution in [2.45, 2.75) is 45.8 Å². The molecule has 1 aromatic carbocycles. The van der Waals surface area contributed by atoms with Gasteiger partial charge in [0, 0.05) is 36.3 Å². The molecule has 2 N–H and O–H groups in total. The lowest BCUT2D eigenvalue weighted by molar-refractivity contribution is -0.109. The Morgan fingerprint density at radius 3 is 2.44 bits per heavy atom. The zero-order valence-electron chi connectivity index (χ0n) is 16.3. The molecule has 0 aliphatic carbocycles. The molecule has 1 aliphatic rings. The number of hydrogen-bond donors (Lipinski definition) is 1. The smallest absolute Gasteiger partial charge is 0.400 e. The number of nitrogens with two attached hydrogens (primary N) is 1. The summed E-state index contributed by atoms with van der Waals surface area (Å²) in [5.74, 6) is 0.447. The zero-order chi connectivity index (χ0) is 19.8. The highest BCUT2D eigenvalue weighted by molar-refractivity contribution is 8.13. The Morgan fingerprint density at radius 1 is 1.19 bits per heavy atom. The van der Waals surface area contributed by atoms with Crippen LogP contribution in [0.5, 0.6) is 0 Å². The number of carbonyl (C=O) groups is 1. The lowest BCUT2D eigenvalue weighted by atomic mass is 9.78. The maximum atomic E-state index is 11.6. The minimum atomic E-state index is -0.562. The summed E-state index contributed by atoms with van der Waals surface area (Å²) in [6.45, 7) is 9.55. The predicted molar refractivity (Wildman–Crippen MR) is 111 cm³/mol. The lowest BCUT2D eigenvalue weighted by Crippen LogP contribution is -2.41. The van der Waals surface area contributed by atoms with E-state index in [1.54, 1.807) is 19.3 Å². The third kappa shape index (κ3) is 4.02. The molecule has 0 unspecified atom stereocenters. The Hall–Kier alpha value is -1.90. The molecule has 6 nitrogen and oxygen atoms in total. The molecule has 2 aromatic rings. The summed E-state index contributed by atoms with van der Waals surface area (Å²) >= 11 is 1.21. The van der Waals surface area contributed by atoms with Crippen molar-refractivity contribution in [2.75, 3.05) is 11.5 Å². The van der Waals surface area contributed by atoms with Crippen LogP contribution in [0.15, 0.2) is 30.0 Å². The van der Waals surface area contributed by atoms with Crippen molar-refractivity contribution >= 4 is 46.8 Å². The Balaban J connectivity index is 2.07. The van der Waals surface area contributed by atoms with Crippen molar-refractivity contribution in [3.05, 3.63) is 35.6 Å². The molecule has 0 amide bonds. The van der Waals surface area contributed by atoms with E-state index in [1.807, 2.05) is 45.9 Å². The Morgan fingerprint density at radius 2 is 1.81 bits per heavy atom. The molecule has 0 saturated carbocycles. The molecule has 3 rings (SSSR count). The Labute approximate surface area is 164 Å². The molecule has 8 heteroatoms. The number of nitrogen functional groups attached to an aromatic ring is 1. The molecule has 0 spiro atoms. The number of nitrogens with zero attached hydrogens (tertiary/aromatic N) is 2. The Kier molecular flexibility index (Phi) is 5.34. The van der Waals surface area contributed by atoms with Crippen LogP contribution in [-0.4, -0.2) is 39.2 Å². The van der Waals surface area contributed by atoms with Crippen molar-refractivity contribution in [3.8, 4) is 0 Å². The number of benzene rings is 1. The van der Waals surface area contributed by atoms with E-state index in [2.05, 4.69) is 9.97 Å². The number of hydrogen-bond acceptors (Lipinski definition) is 7. The van der Waals surface area contributed by atoms with Gasteiger partial charge in [-0.3, -0.25) is 14.8 Å². The van der Waals surface area contributed by atoms with Gasteiger partial charge in [-0.1, -0.05) is 17.8 Å². The molecular weight excluding hydrogens is 361 g/mol. The van der Waals surface area contributed by atoms with Crippen molar-refractivity contribution in [3.63, 3.8) is 0 Å². The first-order valence-electron chi connectivity index (χ1n) is 8.79. The van der Waals surface area contributed by atoms with Crippen molar-refractivity contribution in [2.24, 2.45) is 0 Å². The molecule has 1 fully saturated rings. The highest BCUT2D eigenvalue weighted by Gasteiger charge is 2.52. The first kappa shape index (κ1) is 19.9. The second-order valence-electron chi connectivity index (χ2n) is 7.58. The van der Waals surface area contributed by atoms with Gasteiger partial charge in [-0.2, -0.15) is 0 Å². The SMILES string of the molecule is CC(=O)SCC(=Cc1c(N)ccc2nccnc12)B1OC(C)(C)C(C)(C)O1. The van der Waals surface area contributed by atoms with Gasteiger partial charge in [-0.05, 0) is 45.3 Å². The summed E-state index contributed by atoms with van der Waals surface area (Å²) in [6.07, 6.45) is 5.20. The van der Waals surface area contributed by atoms with Crippen LogP contribution in [0.1, 0.15) is 40.2 Å². The average molecular weight is 385 g/mol. The van der Waals surface area contributed by atoms with E-state index in [0.29, 0.717) is 17.0 Å². The van der Waals surface area contributed by atoms with Crippen LogP contribution in [0.2, 0.25) is 0 Å². The van der Waals surface area contributed by atoms with Gasteiger partial charge in [-0.15, -0.1) is 0 Å². The van der Waals surface area contributed by atoms with E-state index < -0.39 is 18.3 Å². The van der Waals surface area contributed by atoms with E-state index in [-0.39, 0.29) is 5.12 Å². The van der Waals surface area contributed by atoms with Gasteiger partial charge in [0.2, 0.25) is 0 Å². The summed E-state index contributed by atoms with van der Waals surface area (Å²) in [4.78, 5) is 20.3. The first-order chi connectivity index (χ1) is 12.6. The van der Waals surface area contributed by atoms with Crippen LogP contribution in [0.3, 0.4) is 0 Å². The van der Waals surface area contributed by atoms with Crippen LogP contribution in [0.25, 0.3) is 17.1 Å². The lowest BCUT2D eigenvalue weighted by Gasteiger charge is -2.32. The van der Waals surface area contributed by atoms with Crippen LogP contribution < -0.4 is 5.73 Å². The van der Waals surface area contributed by atoms with Crippen LogP contribution in [0, 0.1) is 0 Å². The highest BCUT2D eigenvalue weighted by atomic mass is 32.2. The molecule has 1 aliphatic heterocycles. The summed E-state index contributed by atoms with van der Waals surface area (Å²) in [5.41, 5.74) is 8.93. The highest BCUT2D eigenvalue weighted by Crippen LogP contribution is 2.40. The fraction of sp³-hybridized carbons (Fsp3) is 0.421. The van der Waals surface area contributed by atoms with Crippen molar-refractivity contribution in [1.82, 2.24) is 9.97 Å². The number of rotatable bonds is 4.